The molecule has 0 fully saturated rings. The van der Waals surface area contributed by atoms with E-state index in [-0.39, 0.29) is 33.2 Å². The summed E-state index contributed by atoms with van der Waals surface area (Å²) in [4.78, 5) is 25.9. The van der Waals surface area contributed by atoms with Crippen LogP contribution in [0.2, 0.25) is 0 Å². The summed E-state index contributed by atoms with van der Waals surface area (Å²) in [5.41, 5.74) is 6.14. The van der Waals surface area contributed by atoms with Crippen molar-refractivity contribution in [3.8, 4) is 0 Å². The van der Waals surface area contributed by atoms with E-state index >= 15 is 0 Å². The minimum Gasteiger partial charge on any atom is -0.299 e. The normalized spacial score (nSPS) is 19.4. The molecule has 0 unspecified atom stereocenters. The Labute approximate surface area is 168 Å². The van der Waals surface area contributed by atoms with Crippen molar-refractivity contribution in [2.24, 2.45) is 17.9 Å². The first kappa shape index (κ1) is 20.6. The Hall–Kier alpha value is -2.10. The maximum absolute atomic E-state index is 13.4. The van der Waals surface area contributed by atoms with Crippen LogP contribution in [0.25, 0.3) is 0 Å². The fourth-order valence-corrected chi connectivity index (χ4v) is 5.19. The summed E-state index contributed by atoms with van der Waals surface area (Å²) >= 11 is 0. The van der Waals surface area contributed by atoms with Gasteiger partial charge in [0.05, 0.1) is 0 Å². The molecular weight excluding hydrogens is 348 g/mol. The number of hydrogen-bond acceptors (Lipinski definition) is 2. The van der Waals surface area contributed by atoms with E-state index in [1.807, 2.05) is 13.0 Å². The van der Waals surface area contributed by atoms with E-state index < -0.39 is 0 Å². The molecule has 0 spiro atoms. The van der Waals surface area contributed by atoms with Crippen LogP contribution in [0.5, 0.6) is 0 Å². The predicted octanol–water partition coefficient (Wildman–Crippen LogP) is 4.76. The third-order valence-corrected chi connectivity index (χ3v) is 8.12. The fourth-order valence-electron chi connectivity index (χ4n) is 5.19. The Morgan fingerprint density at radius 1 is 1.07 bits per heavy atom. The molecule has 1 aliphatic carbocycles. The van der Waals surface area contributed by atoms with Crippen LogP contribution in [0.3, 0.4) is 0 Å². The zero-order valence-electron chi connectivity index (χ0n) is 19.0. The highest BCUT2D eigenvalue weighted by Gasteiger charge is 2.53. The van der Waals surface area contributed by atoms with Gasteiger partial charge >= 0.3 is 0 Å². The van der Waals surface area contributed by atoms with Gasteiger partial charge in [0.15, 0.2) is 0 Å². The second-order valence-electron chi connectivity index (χ2n) is 10.3. The van der Waals surface area contributed by atoms with E-state index in [4.69, 9.17) is 0 Å². The summed E-state index contributed by atoms with van der Waals surface area (Å²) in [7, 11) is 1.64. The second-order valence-corrected chi connectivity index (χ2v) is 10.3. The first-order valence-electron chi connectivity index (χ1n) is 10.1. The molecule has 0 aliphatic heterocycles. The highest BCUT2D eigenvalue weighted by atomic mass is 16.2. The number of carbonyl (C=O) groups is 1. The number of nitrogens with zero attached hydrogens (tertiary/aromatic N) is 1. The van der Waals surface area contributed by atoms with Crippen LogP contribution in [0.1, 0.15) is 85.4 Å². The molecule has 4 heteroatoms. The number of carbonyl (C=O) groups excluding carboxylic acids is 1. The van der Waals surface area contributed by atoms with E-state index in [1.54, 1.807) is 14.0 Å². The van der Waals surface area contributed by atoms with Gasteiger partial charge in [-0.1, -0.05) is 41.5 Å². The molecule has 0 bridgehead atoms. The van der Waals surface area contributed by atoms with Crippen molar-refractivity contribution < 1.29 is 4.79 Å². The van der Waals surface area contributed by atoms with E-state index in [9.17, 15) is 9.59 Å². The number of aromatic nitrogens is 2. The molecule has 3 rings (SSSR count). The standard InChI is InChI=1S/C24H34N2O2/c1-13-11-16(20(27)18-15(3)25-26(10)21(18)28)14(2)19-17(13)12-22(4,5)24(8,9)23(19,6)7/h11,25H,12H2,1-10H3. The van der Waals surface area contributed by atoms with Crippen molar-refractivity contribution in [2.45, 2.75) is 74.1 Å². The lowest BCUT2D eigenvalue weighted by atomic mass is 9.46. The van der Waals surface area contributed by atoms with Gasteiger partial charge in [0.2, 0.25) is 5.78 Å². The largest absolute Gasteiger partial charge is 0.299 e. The van der Waals surface area contributed by atoms with Gasteiger partial charge in [0, 0.05) is 18.3 Å². The third-order valence-electron chi connectivity index (χ3n) is 8.12. The molecule has 0 atom stereocenters. The lowest BCUT2D eigenvalue weighted by Gasteiger charge is -2.58. The third kappa shape index (κ3) is 2.49. The van der Waals surface area contributed by atoms with Crippen LogP contribution in [0.4, 0.5) is 0 Å². The topological polar surface area (TPSA) is 54.9 Å². The number of benzene rings is 1. The van der Waals surface area contributed by atoms with Crippen molar-refractivity contribution in [3.05, 3.63) is 55.5 Å². The summed E-state index contributed by atoms with van der Waals surface area (Å²) in [6.07, 6.45) is 0.991. The fraction of sp³-hybridized carbons (Fsp3) is 0.583. The average molecular weight is 383 g/mol. The summed E-state index contributed by atoms with van der Waals surface area (Å²) in [5.74, 6) is -0.179. The van der Waals surface area contributed by atoms with Crippen LogP contribution >= 0.6 is 0 Å². The van der Waals surface area contributed by atoms with Crippen LogP contribution in [-0.2, 0) is 18.9 Å². The number of H-pyrrole nitrogens is 1. The molecular formula is C24H34N2O2. The first-order chi connectivity index (χ1) is 12.6. The minimum absolute atomic E-state index is 0.0476. The Bertz CT molecular complexity index is 1050. The zero-order valence-corrected chi connectivity index (χ0v) is 19.0. The maximum atomic E-state index is 13.4. The minimum atomic E-state index is -0.266. The molecule has 1 N–H and O–H groups in total. The van der Waals surface area contributed by atoms with Crippen molar-refractivity contribution in [1.29, 1.82) is 0 Å². The average Bonchev–Trinajstić information content (AvgIpc) is 2.80. The molecule has 0 saturated carbocycles. The lowest BCUT2D eigenvalue weighted by Crippen LogP contribution is -2.52. The van der Waals surface area contributed by atoms with Crippen LogP contribution in [0, 0.1) is 31.6 Å². The molecule has 28 heavy (non-hydrogen) atoms. The Morgan fingerprint density at radius 2 is 1.64 bits per heavy atom. The Kier molecular flexibility index (Phi) is 4.38. The number of hydrogen-bond donors (Lipinski definition) is 1. The van der Waals surface area contributed by atoms with E-state index in [2.05, 4.69) is 53.6 Å². The van der Waals surface area contributed by atoms with E-state index in [0.29, 0.717) is 11.3 Å². The van der Waals surface area contributed by atoms with Gasteiger partial charge in [-0.2, -0.15) is 0 Å². The molecule has 1 aromatic carbocycles. The first-order valence-corrected chi connectivity index (χ1v) is 10.1. The van der Waals surface area contributed by atoms with Gasteiger partial charge in [-0.25, -0.2) is 0 Å². The Morgan fingerprint density at radius 3 is 2.14 bits per heavy atom. The van der Waals surface area contributed by atoms with Crippen molar-refractivity contribution in [3.63, 3.8) is 0 Å². The van der Waals surface area contributed by atoms with Crippen LogP contribution in [-0.4, -0.2) is 15.6 Å². The molecule has 0 saturated heterocycles. The lowest BCUT2D eigenvalue weighted by molar-refractivity contribution is 0.0147. The monoisotopic (exact) mass is 382 g/mol. The quantitative estimate of drug-likeness (QED) is 0.762. The number of nitrogens with one attached hydrogen (secondary N) is 1. The van der Waals surface area contributed by atoms with Gasteiger partial charge in [-0.15, -0.1) is 0 Å². The molecule has 2 aromatic rings. The second kappa shape index (κ2) is 5.95. The van der Waals surface area contributed by atoms with Gasteiger partial charge < -0.3 is 0 Å². The smallest absolute Gasteiger partial charge is 0.277 e. The summed E-state index contributed by atoms with van der Waals surface area (Å²) in [6, 6.07) is 1.99. The van der Waals surface area contributed by atoms with Crippen LogP contribution < -0.4 is 5.56 Å². The van der Waals surface area contributed by atoms with Gasteiger partial charge in [-0.05, 0) is 71.8 Å². The van der Waals surface area contributed by atoms with Gasteiger partial charge in [0.25, 0.3) is 5.56 Å². The number of rotatable bonds is 2. The predicted molar refractivity (Wildman–Crippen MR) is 114 cm³/mol. The zero-order chi connectivity index (χ0) is 21.4. The van der Waals surface area contributed by atoms with Crippen molar-refractivity contribution in [2.75, 3.05) is 0 Å². The summed E-state index contributed by atoms with van der Waals surface area (Å²) < 4.78 is 1.37. The highest BCUT2D eigenvalue weighted by Crippen LogP contribution is 2.59. The molecule has 1 aliphatic rings. The number of aromatic amines is 1. The van der Waals surface area contributed by atoms with Gasteiger partial charge in [-0.3, -0.25) is 19.4 Å². The highest BCUT2D eigenvalue weighted by molar-refractivity contribution is 6.10. The maximum Gasteiger partial charge on any atom is 0.277 e. The Balaban J connectivity index is 2.32. The van der Waals surface area contributed by atoms with Gasteiger partial charge in [0.1, 0.15) is 5.56 Å². The van der Waals surface area contributed by atoms with Crippen molar-refractivity contribution in [1.82, 2.24) is 9.78 Å². The summed E-state index contributed by atoms with van der Waals surface area (Å²) in [6.45, 7) is 19.9. The number of fused-ring (bicyclic) bond motifs is 1. The van der Waals surface area contributed by atoms with Crippen molar-refractivity contribution >= 4 is 5.78 Å². The van der Waals surface area contributed by atoms with E-state index in [0.717, 1.165) is 17.5 Å². The number of ketones is 1. The number of aryl methyl sites for hydroxylation is 3. The molecule has 1 aromatic heterocycles. The SMILES string of the molecule is Cc1cc(C(=O)c2c(C)[nH]n(C)c2=O)c(C)c2c1CC(C)(C)C(C)(C)C2(C)C. The molecule has 0 radical (unpaired) electrons. The molecule has 0 amide bonds. The van der Waals surface area contributed by atoms with Crippen LogP contribution in [0.15, 0.2) is 10.9 Å². The molecule has 4 nitrogen and oxygen atoms in total. The molecule has 152 valence electrons. The summed E-state index contributed by atoms with van der Waals surface area (Å²) in [5, 5.41) is 2.95. The van der Waals surface area contributed by atoms with E-state index in [1.165, 1.54) is 15.8 Å². The molecule has 1 heterocycles.